The molecular weight excluding hydrogens is 418 g/mol. The largest absolute Gasteiger partial charge is 0.353 e. The SMILES string of the molecule is CC12CCC(=O)N1c1ccccc1C(=O)N2CCCC(=O)N1CCN(c2ccccn2)CC1. The van der Waals surface area contributed by atoms with Crippen molar-refractivity contribution >= 4 is 29.2 Å². The summed E-state index contributed by atoms with van der Waals surface area (Å²) in [5, 5.41) is 0. The minimum Gasteiger partial charge on any atom is -0.353 e. The second kappa shape index (κ2) is 8.50. The van der Waals surface area contributed by atoms with Crippen LogP contribution in [0.1, 0.15) is 43.0 Å². The van der Waals surface area contributed by atoms with Crippen LogP contribution in [0.15, 0.2) is 48.7 Å². The first-order chi connectivity index (χ1) is 16.0. The van der Waals surface area contributed by atoms with Gasteiger partial charge in [0.2, 0.25) is 11.8 Å². The van der Waals surface area contributed by atoms with Gasteiger partial charge >= 0.3 is 0 Å². The van der Waals surface area contributed by atoms with Crippen molar-refractivity contribution in [2.75, 3.05) is 42.5 Å². The summed E-state index contributed by atoms with van der Waals surface area (Å²) in [5.74, 6) is 1.04. The van der Waals surface area contributed by atoms with Crippen LogP contribution in [-0.4, -0.2) is 70.9 Å². The third-order valence-corrected chi connectivity index (χ3v) is 7.12. The van der Waals surface area contributed by atoms with E-state index in [0.717, 1.165) is 18.9 Å². The zero-order valence-electron chi connectivity index (χ0n) is 18.9. The van der Waals surface area contributed by atoms with Crippen LogP contribution in [0, 0.1) is 0 Å². The van der Waals surface area contributed by atoms with E-state index in [0.29, 0.717) is 56.6 Å². The molecule has 8 nitrogen and oxygen atoms in total. The summed E-state index contributed by atoms with van der Waals surface area (Å²) in [4.78, 5) is 50.9. The molecular formula is C25H29N5O3. The molecule has 1 atom stereocenters. The van der Waals surface area contributed by atoms with Crippen molar-refractivity contribution in [2.45, 2.75) is 38.3 Å². The minimum absolute atomic E-state index is 0.0457. The fourth-order valence-corrected chi connectivity index (χ4v) is 5.31. The molecule has 5 rings (SSSR count). The summed E-state index contributed by atoms with van der Waals surface area (Å²) >= 11 is 0. The molecule has 2 fully saturated rings. The van der Waals surface area contributed by atoms with E-state index in [-0.39, 0.29) is 17.7 Å². The number of hydrogen-bond donors (Lipinski definition) is 0. The summed E-state index contributed by atoms with van der Waals surface area (Å²) in [6, 6.07) is 13.2. The van der Waals surface area contributed by atoms with Crippen LogP contribution in [-0.2, 0) is 9.59 Å². The average molecular weight is 448 g/mol. The molecule has 0 aliphatic carbocycles. The number of anilines is 2. The molecule has 3 aliphatic rings. The van der Waals surface area contributed by atoms with E-state index in [4.69, 9.17) is 0 Å². The Hall–Kier alpha value is -3.42. The molecule has 0 radical (unpaired) electrons. The Kier molecular flexibility index (Phi) is 5.52. The molecule has 1 aromatic carbocycles. The zero-order chi connectivity index (χ0) is 23.0. The highest BCUT2D eigenvalue weighted by Gasteiger charge is 2.52. The normalized spacial score (nSPS) is 22.5. The molecule has 0 saturated carbocycles. The number of fused-ring (bicyclic) bond motifs is 3. The van der Waals surface area contributed by atoms with E-state index in [1.165, 1.54) is 0 Å². The van der Waals surface area contributed by atoms with E-state index in [1.807, 2.05) is 48.2 Å². The molecule has 2 aromatic rings. The molecule has 4 heterocycles. The smallest absolute Gasteiger partial charge is 0.257 e. The van der Waals surface area contributed by atoms with Gasteiger partial charge in [-0.1, -0.05) is 18.2 Å². The number of piperazine rings is 1. The number of hydrogen-bond acceptors (Lipinski definition) is 5. The monoisotopic (exact) mass is 447 g/mol. The molecule has 8 heteroatoms. The van der Waals surface area contributed by atoms with E-state index in [1.54, 1.807) is 22.1 Å². The summed E-state index contributed by atoms with van der Waals surface area (Å²) in [6.45, 7) is 5.28. The lowest BCUT2D eigenvalue weighted by Crippen LogP contribution is -2.62. The topological polar surface area (TPSA) is 77.1 Å². The van der Waals surface area contributed by atoms with E-state index >= 15 is 0 Å². The van der Waals surface area contributed by atoms with Gasteiger partial charge in [0.25, 0.3) is 5.91 Å². The van der Waals surface area contributed by atoms with Gasteiger partial charge in [-0.25, -0.2) is 4.98 Å². The molecule has 1 aromatic heterocycles. The third kappa shape index (κ3) is 3.73. The second-order valence-electron chi connectivity index (χ2n) is 9.08. The highest BCUT2D eigenvalue weighted by Crippen LogP contribution is 2.44. The molecule has 172 valence electrons. The Morgan fingerprint density at radius 3 is 2.55 bits per heavy atom. The summed E-state index contributed by atoms with van der Waals surface area (Å²) < 4.78 is 0. The third-order valence-electron chi connectivity index (χ3n) is 7.12. The van der Waals surface area contributed by atoms with Crippen LogP contribution in [0.2, 0.25) is 0 Å². The summed E-state index contributed by atoms with van der Waals surface area (Å²) in [6.07, 6.45) is 3.78. The molecule has 1 unspecified atom stereocenters. The van der Waals surface area contributed by atoms with Gasteiger partial charge in [0.15, 0.2) is 0 Å². The molecule has 0 N–H and O–H groups in total. The number of rotatable bonds is 5. The van der Waals surface area contributed by atoms with Gasteiger partial charge in [0, 0.05) is 51.8 Å². The van der Waals surface area contributed by atoms with Crippen LogP contribution in [0.25, 0.3) is 0 Å². The summed E-state index contributed by atoms with van der Waals surface area (Å²) in [5.41, 5.74) is 0.590. The fourth-order valence-electron chi connectivity index (χ4n) is 5.31. The van der Waals surface area contributed by atoms with Gasteiger partial charge in [-0.05, 0) is 44.0 Å². The minimum atomic E-state index is -0.667. The number of nitrogens with zero attached hydrogens (tertiary/aromatic N) is 5. The van der Waals surface area contributed by atoms with E-state index < -0.39 is 5.66 Å². The molecule has 3 amide bonds. The van der Waals surface area contributed by atoms with Crippen molar-refractivity contribution in [3.8, 4) is 0 Å². The number of pyridine rings is 1. The number of para-hydroxylation sites is 1. The highest BCUT2D eigenvalue weighted by atomic mass is 16.2. The zero-order valence-corrected chi connectivity index (χ0v) is 18.9. The van der Waals surface area contributed by atoms with Gasteiger partial charge in [0.1, 0.15) is 11.5 Å². The van der Waals surface area contributed by atoms with E-state index in [9.17, 15) is 14.4 Å². The van der Waals surface area contributed by atoms with Crippen LogP contribution in [0.5, 0.6) is 0 Å². The predicted molar refractivity (Wildman–Crippen MR) is 125 cm³/mol. The number of amides is 3. The fraction of sp³-hybridized carbons (Fsp3) is 0.440. The quantitative estimate of drug-likeness (QED) is 0.704. The predicted octanol–water partition coefficient (Wildman–Crippen LogP) is 2.51. The van der Waals surface area contributed by atoms with Gasteiger partial charge in [-0.15, -0.1) is 0 Å². The summed E-state index contributed by atoms with van der Waals surface area (Å²) in [7, 11) is 0. The first-order valence-corrected chi connectivity index (χ1v) is 11.7. The van der Waals surface area contributed by atoms with Gasteiger partial charge in [-0.3, -0.25) is 19.3 Å². The Morgan fingerprint density at radius 2 is 1.79 bits per heavy atom. The van der Waals surface area contributed by atoms with E-state index in [2.05, 4.69) is 9.88 Å². The number of benzene rings is 1. The number of aromatic nitrogens is 1. The van der Waals surface area contributed by atoms with Crippen molar-refractivity contribution in [2.24, 2.45) is 0 Å². The van der Waals surface area contributed by atoms with Crippen molar-refractivity contribution in [3.05, 3.63) is 54.2 Å². The molecule has 2 saturated heterocycles. The maximum absolute atomic E-state index is 13.3. The molecule has 3 aliphatic heterocycles. The lowest BCUT2D eigenvalue weighted by atomic mass is 9.98. The maximum Gasteiger partial charge on any atom is 0.257 e. The Morgan fingerprint density at radius 1 is 1.03 bits per heavy atom. The maximum atomic E-state index is 13.3. The average Bonchev–Trinajstić information content (AvgIpc) is 3.16. The first kappa shape index (κ1) is 21.4. The van der Waals surface area contributed by atoms with Gasteiger partial charge < -0.3 is 14.7 Å². The van der Waals surface area contributed by atoms with Crippen LogP contribution in [0.4, 0.5) is 11.5 Å². The lowest BCUT2D eigenvalue weighted by Gasteiger charge is -2.48. The molecule has 33 heavy (non-hydrogen) atoms. The van der Waals surface area contributed by atoms with Crippen LogP contribution >= 0.6 is 0 Å². The Labute approximate surface area is 193 Å². The van der Waals surface area contributed by atoms with Crippen LogP contribution in [0.3, 0.4) is 0 Å². The molecule has 0 spiro atoms. The lowest BCUT2D eigenvalue weighted by molar-refractivity contribution is -0.131. The molecule has 0 bridgehead atoms. The second-order valence-corrected chi connectivity index (χ2v) is 9.08. The van der Waals surface area contributed by atoms with Crippen molar-refractivity contribution in [1.82, 2.24) is 14.8 Å². The van der Waals surface area contributed by atoms with Crippen molar-refractivity contribution in [3.63, 3.8) is 0 Å². The van der Waals surface area contributed by atoms with Crippen molar-refractivity contribution in [1.29, 1.82) is 0 Å². The van der Waals surface area contributed by atoms with Crippen LogP contribution < -0.4 is 9.80 Å². The van der Waals surface area contributed by atoms with Gasteiger partial charge in [0.05, 0.1) is 11.3 Å². The Bertz CT molecular complexity index is 1070. The van der Waals surface area contributed by atoms with Gasteiger partial charge in [-0.2, -0.15) is 0 Å². The highest BCUT2D eigenvalue weighted by molar-refractivity contribution is 6.10. The van der Waals surface area contributed by atoms with Crippen molar-refractivity contribution < 1.29 is 14.4 Å². The number of carbonyl (C=O) groups is 3. The standard InChI is InChI=1S/C25H29N5O3/c1-25-12-11-23(32)30(25)20-8-3-2-7-19(20)24(33)29(25)14-6-10-22(31)28-17-15-27(16-18-28)21-9-4-5-13-26-21/h2-5,7-9,13H,6,10-12,14-18H2,1H3. The number of carbonyl (C=O) groups excluding carboxylic acids is 3. The Balaban J connectivity index is 1.20. The first-order valence-electron chi connectivity index (χ1n) is 11.7.